The summed E-state index contributed by atoms with van der Waals surface area (Å²) >= 11 is 2.19. The molecule has 2 heterocycles. The van der Waals surface area contributed by atoms with Crippen molar-refractivity contribution in [2.45, 2.75) is 25.8 Å². The van der Waals surface area contributed by atoms with E-state index < -0.39 is 6.09 Å². The molecule has 0 aliphatic carbocycles. The standard InChI is InChI=1S/C10H14IN3O2/c1-6(2)8-3-9(11)12-14(8)7-4-13(5-7)10(15)16/h3,6-7H,4-5H2,1-2H3,(H,15,16). The zero-order valence-corrected chi connectivity index (χ0v) is 11.4. The molecule has 6 heteroatoms. The number of carboxylic acid groups (broad SMARTS) is 1. The highest BCUT2D eigenvalue weighted by atomic mass is 127. The number of aromatic nitrogens is 2. The highest BCUT2D eigenvalue weighted by Gasteiger charge is 2.33. The molecule has 1 amide bonds. The summed E-state index contributed by atoms with van der Waals surface area (Å²) in [5, 5.41) is 13.2. The Balaban J connectivity index is 2.14. The molecule has 1 fully saturated rings. The molecular weight excluding hydrogens is 321 g/mol. The quantitative estimate of drug-likeness (QED) is 0.843. The van der Waals surface area contributed by atoms with Crippen molar-refractivity contribution in [2.75, 3.05) is 13.1 Å². The van der Waals surface area contributed by atoms with Crippen LogP contribution in [0.4, 0.5) is 4.79 Å². The van der Waals surface area contributed by atoms with Gasteiger partial charge in [-0.3, -0.25) is 4.68 Å². The Kier molecular flexibility index (Phi) is 3.09. The first-order chi connectivity index (χ1) is 7.49. The fourth-order valence-electron chi connectivity index (χ4n) is 1.87. The number of amides is 1. The second-order valence-corrected chi connectivity index (χ2v) is 5.44. The van der Waals surface area contributed by atoms with Gasteiger partial charge in [-0.2, -0.15) is 5.10 Å². The van der Waals surface area contributed by atoms with Crippen LogP contribution in [0.2, 0.25) is 0 Å². The molecule has 0 bridgehead atoms. The summed E-state index contributed by atoms with van der Waals surface area (Å²) in [5.74, 6) is 0.412. The van der Waals surface area contributed by atoms with Crippen molar-refractivity contribution in [3.63, 3.8) is 0 Å². The maximum absolute atomic E-state index is 10.7. The largest absolute Gasteiger partial charge is 0.465 e. The number of nitrogens with zero attached hydrogens (tertiary/aromatic N) is 3. The summed E-state index contributed by atoms with van der Waals surface area (Å²) in [7, 11) is 0. The molecule has 2 rings (SSSR count). The molecule has 0 radical (unpaired) electrons. The van der Waals surface area contributed by atoms with Crippen LogP contribution < -0.4 is 0 Å². The van der Waals surface area contributed by atoms with Gasteiger partial charge in [0.15, 0.2) is 0 Å². The van der Waals surface area contributed by atoms with E-state index in [1.807, 2.05) is 4.68 Å². The van der Waals surface area contributed by atoms with E-state index in [1.165, 1.54) is 10.6 Å². The second-order valence-electron chi connectivity index (χ2n) is 4.33. The molecule has 88 valence electrons. The Morgan fingerprint density at radius 2 is 2.25 bits per heavy atom. The van der Waals surface area contributed by atoms with Gasteiger partial charge in [-0.1, -0.05) is 13.8 Å². The number of halogens is 1. The van der Waals surface area contributed by atoms with Crippen molar-refractivity contribution in [1.82, 2.24) is 14.7 Å². The van der Waals surface area contributed by atoms with Gasteiger partial charge in [0.1, 0.15) is 3.70 Å². The summed E-state index contributed by atoms with van der Waals surface area (Å²) in [4.78, 5) is 12.1. The van der Waals surface area contributed by atoms with E-state index in [0.717, 1.165) is 3.70 Å². The molecule has 1 aliphatic rings. The van der Waals surface area contributed by atoms with Crippen molar-refractivity contribution in [2.24, 2.45) is 0 Å². The summed E-state index contributed by atoms with van der Waals surface area (Å²) in [6.45, 7) is 5.34. The highest BCUT2D eigenvalue weighted by molar-refractivity contribution is 14.1. The van der Waals surface area contributed by atoms with Crippen LogP contribution in [0.3, 0.4) is 0 Å². The number of carbonyl (C=O) groups is 1. The van der Waals surface area contributed by atoms with Gasteiger partial charge in [-0.25, -0.2) is 4.79 Å². The van der Waals surface area contributed by atoms with Crippen LogP contribution in [0.25, 0.3) is 0 Å². The van der Waals surface area contributed by atoms with Gasteiger partial charge in [0, 0.05) is 18.8 Å². The number of hydrogen-bond donors (Lipinski definition) is 1. The topological polar surface area (TPSA) is 58.4 Å². The molecule has 1 saturated heterocycles. The molecule has 1 aromatic heterocycles. The molecule has 1 N–H and O–H groups in total. The molecule has 0 saturated carbocycles. The van der Waals surface area contributed by atoms with Crippen LogP contribution in [0.1, 0.15) is 31.5 Å². The summed E-state index contributed by atoms with van der Waals surface area (Å²) in [6.07, 6.45) is -0.843. The third kappa shape index (κ3) is 2.02. The summed E-state index contributed by atoms with van der Waals surface area (Å²) in [5.41, 5.74) is 1.18. The number of hydrogen-bond acceptors (Lipinski definition) is 2. The first kappa shape index (κ1) is 11.7. The van der Waals surface area contributed by atoms with Crippen LogP contribution in [0.5, 0.6) is 0 Å². The first-order valence-corrected chi connectivity index (χ1v) is 6.29. The highest BCUT2D eigenvalue weighted by Crippen LogP contribution is 2.26. The Morgan fingerprint density at radius 3 is 2.75 bits per heavy atom. The van der Waals surface area contributed by atoms with Gasteiger partial charge in [-0.05, 0) is 34.6 Å². The summed E-state index contributed by atoms with van der Waals surface area (Å²) < 4.78 is 2.95. The van der Waals surface area contributed by atoms with Crippen molar-refractivity contribution in [1.29, 1.82) is 0 Å². The van der Waals surface area contributed by atoms with E-state index in [-0.39, 0.29) is 6.04 Å². The zero-order chi connectivity index (χ0) is 11.9. The van der Waals surface area contributed by atoms with E-state index in [0.29, 0.717) is 19.0 Å². The molecular formula is C10H14IN3O2. The smallest absolute Gasteiger partial charge is 0.407 e. The summed E-state index contributed by atoms with van der Waals surface area (Å²) in [6, 6.07) is 2.27. The lowest BCUT2D eigenvalue weighted by molar-refractivity contribution is 0.0796. The van der Waals surface area contributed by atoms with E-state index in [9.17, 15) is 4.79 Å². The van der Waals surface area contributed by atoms with Gasteiger partial charge < -0.3 is 10.0 Å². The zero-order valence-electron chi connectivity index (χ0n) is 9.22. The van der Waals surface area contributed by atoms with E-state index in [1.54, 1.807) is 0 Å². The lowest BCUT2D eigenvalue weighted by Crippen LogP contribution is -2.50. The molecule has 1 aliphatic heterocycles. The third-order valence-electron chi connectivity index (χ3n) is 2.80. The fraction of sp³-hybridized carbons (Fsp3) is 0.600. The Labute approximate surface area is 108 Å². The monoisotopic (exact) mass is 335 g/mol. The van der Waals surface area contributed by atoms with Gasteiger partial charge in [-0.15, -0.1) is 0 Å². The van der Waals surface area contributed by atoms with Crippen molar-refractivity contribution < 1.29 is 9.90 Å². The van der Waals surface area contributed by atoms with Crippen LogP contribution in [-0.2, 0) is 0 Å². The van der Waals surface area contributed by atoms with Gasteiger partial charge >= 0.3 is 6.09 Å². The van der Waals surface area contributed by atoms with Gasteiger partial charge in [0.2, 0.25) is 0 Å². The normalized spacial score (nSPS) is 16.6. The average molecular weight is 335 g/mol. The lowest BCUT2D eigenvalue weighted by atomic mass is 10.1. The molecule has 0 unspecified atom stereocenters. The molecule has 1 aromatic rings. The van der Waals surface area contributed by atoms with Gasteiger partial charge in [0.25, 0.3) is 0 Å². The average Bonchev–Trinajstić information content (AvgIpc) is 2.43. The first-order valence-electron chi connectivity index (χ1n) is 5.22. The molecule has 16 heavy (non-hydrogen) atoms. The molecule has 0 aromatic carbocycles. The third-order valence-corrected chi connectivity index (χ3v) is 3.33. The number of likely N-dealkylation sites (tertiary alicyclic amines) is 1. The fourth-order valence-corrected chi connectivity index (χ4v) is 2.42. The number of rotatable bonds is 2. The molecule has 0 spiro atoms. The van der Waals surface area contributed by atoms with Gasteiger partial charge in [0.05, 0.1) is 6.04 Å². The van der Waals surface area contributed by atoms with Crippen LogP contribution >= 0.6 is 22.6 Å². The minimum atomic E-state index is -0.843. The van der Waals surface area contributed by atoms with Crippen LogP contribution in [-0.4, -0.2) is 39.0 Å². The van der Waals surface area contributed by atoms with Crippen LogP contribution in [0, 0.1) is 3.70 Å². The Bertz CT molecular complexity index is 410. The predicted octanol–water partition coefficient (Wildman–Crippen LogP) is 2.15. The molecule has 0 atom stereocenters. The van der Waals surface area contributed by atoms with Crippen LogP contribution in [0.15, 0.2) is 6.07 Å². The van der Waals surface area contributed by atoms with Crippen molar-refractivity contribution in [3.05, 3.63) is 15.5 Å². The predicted molar refractivity (Wildman–Crippen MR) is 67.7 cm³/mol. The minimum absolute atomic E-state index is 0.206. The van der Waals surface area contributed by atoms with Crippen molar-refractivity contribution in [3.8, 4) is 0 Å². The van der Waals surface area contributed by atoms with Crippen molar-refractivity contribution >= 4 is 28.7 Å². The SMILES string of the molecule is CC(C)c1cc(I)nn1C1CN(C(=O)O)C1. The lowest BCUT2D eigenvalue weighted by Gasteiger charge is -2.38. The Hall–Kier alpha value is -0.790. The van der Waals surface area contributed by atoms with E-state index in [4.69, 9.17) is 5.11 Å². The van der Waals surface area contributed by atoms with E-state index in [2.05, 4.69) is 47.6 Å². The Morgan fingerprint density at radius 1 is 1.62 bits per heavy atom. The second kappa shape index (κ2) is 4.23. The maximum atomic E-state index is 10.7. The minimum Gasteiger partial charge on any atom is -0.465 e. The molecule has 5 nitrogen and oxygen atoms in total. The maximum Gasteiger partial charge on any atom is 0.407 e. The van der Waals surface area contributed by atoms with E-state index >= 15 is 0 Å².